The van der Waals surface area contributed by atoms with Crippen LogP contribution < -0.4 is 46.3 Å². The maximum Gasteiger partial charge on any atom is 0.410 e. The van der Waals surface area contributed by atoms with E-state index in [-0.39, 0.29) is 23.3 Å². The third kappa shape index (κ3) is 12.1. The van der Waals surface area contributed by atoms with Crippen LogP contribution in [0.5, 0.6) is 23.0 Å². The van der Waals surface area contributed by atoms with E-state index >= 15 is 0 Å². The van der Waals surface area contributed by atoms with E-state index in [1.807, 2.05) is 81.4 Å². The third-order valence-electron chi connectivity index (χ3n) is 13.9. The number of hydrogen-bond acceptors (Lipinski definition) is 15. The molecule has 0 aliphatic carbocycles. The van der Waals surface area contributed by atoms with Crippen LogP contribution in [0.4, 0.5) is 27.5 Å². The number of aromatic nitrogens is 2. The topological polar surface area (TPSA) is 175 Å². The van der Waals surface area contributed by atoms with Crippen LogP contribution >= 0.6 is 23.5 Å². The molecule has 8 heterocycles. The number of carbonyl (C=O) groups is 1. The number of rotatable bonds is 8. The minimum atomic E-state index is -0.487. The second-order valence-corrected chi connectivity index (χ2v) is 22.7. The van der Waals surface area contributed by atoms with Crippen molar-refractivity contribution in [2.75, 3.05) is 99.2 Å². The number of nitrogens with one attached hydrogen (secondary N) is 5. The molecule has 0 spiro atoms. The lowest BCUT2D eigenvalue weighted by atomic mass is 10.0. The Morgan fingerprint density at radius 2 is 1.05 bits per heavy atom. The number of pyridine rings is 2. The number of nitrogens with zero attached hydrogens (tertiary/aromatic N) is 3. The van der Waals surface area contributed by atoms with Gasteiger partial charge in [0.1, 0.15) is 17.1 Å². The van der Waals surface area contributed by atoms with Crippen molar-refractivity contribution in [2.24, 2.45) is 0 Å². The molecular formula is C57H64N8O8S2. The van der Waals surface area contributed by atoms with Crippen LogP contribution in [0.15, 0.2) is 126 Å². The Hall–Kier alpha value is -6.57. The fourth-order valence-electron chi connectivity index (χ4n) is 10.1. The van der Waals surface area contributed by atoms with Gasteiger partial charge < -0.3 is 64.3 Å². The Bertz CT molecular complexity index is 3150. The molecule has 1 amide bonds. The molecule has 6 aliphatic heterocycles. The highest BCUT2D eigenvalue weighted by Gasteiger charge is 2.29. The molecule has 0 unspecified atom stereocenters. The van der Waals surface area contributed by atoms with Gasteiger partial charge in [0.05, 0.1) is 57.4 Å². The number of fused-ring (bicyclic) bond motifs is 4. The number of H-pyrrole nitrogens is 2. The highest BCUT2D eigenvalue weighted by molar-refractivity contribution is 8.00. The lowest BCUT2D eigenvalue weighted by Crippen LogP contribution is -2.44. The van der Waals surface area contributed by atoms with E-state index in [0.717, 1.165) is 153 Å². The van der Waals surface area contributed by atoms with Crippen molar-refractivity contribution in [1.29, 1.82) is 0 Å². The number of benzene rings is 4. The summed E-state index contributed by atoms with van der Waals surface area (Å²) >= 11 is 3.37. The molecule has 12 rings (SSSR count). The summed E-state index contributed by atoms with van der Waals surface area (Å²) in [6.07, 6.45) is 3.73. The van der Waals surface area contributed by atoms with Gasteiger partial charge >= 0.3 is 6.09 Å². The molecule has 0 bridgehead atoms. The molecule has 4 aromatic carbocycles. The Morgan fingerprint density at radius 1 is 0.587 bits per heavy atom. The van der Waals surface area contributed by atoms with Crippen molar-refractivity contribution >= 4 is 52.4 Å². The van der Waals surface area contributed by atoms with E-state index in [4.69, 9.17) is 23.7 Å². The Balaban J connectivity index is 0.000000163. The minimum absolute atomic E-state index is 0.117. The molecule has 0 atom stereocenters. The summed E-state index contributed by atoms with van der Waals surface area (Å²) in [5.41, 5.74) is 6.45. The Kier molecular flexibility index (Phi) is 15.1. The molecule has 2 aromatic heterocycles. The van der Waals surface area contributed by atoms with Gasteiger partial charge in [-0.25, -0.2) is 4.79 Å². The van der Waals surface area contributed by atoms with Crippen molar-refractivity contribution in [3.63, 3.8) is 0 Å². The molecule has 75 heavy (non-hydrogen) atoms. The van der Waals surface area contributed by atoms with Crippen molar-refractivity contribution in [3.05, 3.63) is 118 Å². The van der Waals surface area contributed by atoms with Crippen LogP contribution in [0.1, 0.15) is 46.5 Å². The molecule has 4 saturated heterocycles. The van der Waals surface area contributed by atoms with Gasteiger partial charge in [0.25, 0.3) is 0 Å². The van der Waals surface area contributed by atoms with E-state index in [0.29, 0.717) is 45.6 Å². The van der Waals surface area contributed by atoms with Crippen molar-refractivity contribution in [1.82, 2.24) is 20.2 Å². The van der Waals surface area contributed by atoms with Crippen LogP contribution in [0.3, 0.4) is 0 Å². The van der Waals surface area contributed by atoms with Gasteiger partial charge in [0.2, 0.25) is 11.1 Å². The summed E-state index contributed by atoms with van der Waals surface area (Å²) in [5, 5.41) is 10.7. The lowest BCUT2D eigenvalue weighted by molar-refractivity contribution is 0.0210. The van der Waals surface area contributed by atoms with Gasteiger partial charge in [-0.2, -0.15) is 0 Å². The van der Waals surface area contributed by atoms with Gasteiger partial charge in [-0.15, -0.1) is 0 Å². The SMILES string of the molecule is CC(C)(C)OC(=O)N1CCC(Nc2ccc3c(c2)Sc2cccc(-c4cc(N5CCOCC5)cc(=O)[nH]4)c2O3)CC1.O=c1cc(N2CCOCC2)cc(-c2cccc3c2Oc2ccc(NC4CCNCC4)cc2S3)[nH]1. The lowest BCUT2D eigenvalue weighted by Gasteiger charge is -2.34. The fourth-order valence-corrected chi connectivity index (χ4v) is 12.2. The fraction of sp³-hybridized carbons (Fsp3) is 0.386. The zero-order valence-electron chi connectivity index (χ0n) is 42.6. The zero-order valence-corrected chi connectivity index (χ0v) is 44.3. The standard InChI is InChI=1S/C31H36N4O5S.C26H28N4O3S/c1-31(2,3)40-30(37)35-11-9-20(10-12-35)32-21-7-8-25-27(17-21)41-26-6-4-5-23(29(26)39-25)24-18-22(19-28(36)33-24)34-13-15-38-16-14-34;31-25-16-19(30-10-12-32-13-11-30)15-21(29-25)20-2-1-3-23-26(20)33-22-5-4-18(14-24(22)34-23)28-17-6-8-27-9-7-17/h4-8,17-20,32H,9-16H2,1-3H3,(H,33,36);1-5,14-17,27-28H,6-13H2,(H,29,31). The molecule has 4 fully saturated rings. The molecular weight excluding hydrogens is 989 g/mol. The zero-order chi connectivity index (χ0) is 51.5. The largest absolute Gasteiger partial charge is 0.454 e. The van der Waals surface area contributed by atoms with E-state index in [1.54, 1.807) is 40.6 Å². The summed E-state index contributed by atoms with van der Waals surface area (Å²) in [7, 11) is 0. The first-order valence-corrected chi connectivity index (χ1v) is 27.7. The maximum absolute atomic E-state index is 12.6. The number of hydrogen-bond donors (Lipinski definition) is 5. The second kappa shape index (κ2) is 22.3. The molecule has 6 aromatic rings. The van der Waals surface area contributed by atoms with Gasteiger partial charge in [-0.3, -0.25) is 9.59 Å². The monoisotopic (exact) mass is 1050 g/mol. The molecule has 0 radical (unpaired) electrons. The molecule has 0 saturated carbocycles. The van der Waals surface area contributed by atoms with Gasteiger partial charge in [0, 0.05) is 97.4 Å². The predicted octanol–water partition coefficient (Wildman–Crippen LogP) is 10.2. The van der Waals surface area contributed by atoms with Crippen LogP contribution in [0.25, 0.3) is 22.5 Å². The quantitative estimate of drug-likeness (QED) is 0.0972. The average molecular weight is 1050 g/mol. The number of amides is 1. The summed E-state index contributed by atoms with van der Waals surface area (Å²) in [6, 6.07) is 32.7. The van der Waals surface area contributed by atoms with Crippen molar-refractivity contribution in [2.45, 2.75) is 83.7 Å². The number of likely N-dealkylation sites (tertiary alicyclic amines) is 1. The Labute approximate surface area is 445 Å². The predicted molar refractivity (Wildman–Crippen MR) is 296 cm³/mol. The summed E-state index contributed by atoms with van der Waals surface area (Å²) in [5.74, 6) is 3.16. The number of ether oxygens (including phenoxy) is 5. The molecule has 392 valence electrons. The van der Waals surface area contributed by atoms with E-state index < -0.39 is 5.60 Å². The normalized spacial score (nSPS) is 17.7. The van der Waals surface area contributed by atoms with Crippen LogP contribution in [0, 0.1) is 0 Å². The molecule has 16 nitrogen and oxygen atoms in total. The summed E-state index contributed by atoms with van der Waals surface area (Å²) in [6.45, 7) is 14.9. The molecule has 6 aliphatic rings. The van der Waals surface area contributed by atoms with Gasteiger partial charge in [-0.05, 0) is 132 Å². The van der Waals surface area contributed by atoms with Crippen LogP contribution in [-0.2, 0) is 14.2 Å². The Morgan fingerprint density at radius 3 is 1.52 bits per heavy atom. The number of anilines is 4. The first-order valence-electron chi connectivity index (χ1n) is 26.1. The molecule has 5 N–H and O–H groups in total. The third-order valence-corrected chi connectivity index (χ3v) is 16.1. The van der Waals surface area contributed by atoms with E-state index in [1.165, 1.54) is 0 Å². The molecule has 18 heteroatoms. The summed E-state index contributed by atoms with van der Waals surface area (Å²) in [4.78, 5) is 53.9. The van der Waals surface area contributed by atoms with E-state index in [2.05, 4.69) is 60.0 Å². The van der Waals surface area contributed by atoms with Crippen molar-refractivity contribution < 1.29 is 28.5 Å². The van der Waals surface area contributed by atoms with Gasteiger partial charge in [0.15, 0.2) is 11.5 Å². The number of piperidine rings is 2. The number of aromatic amines is 2. The van der Waals surface area contributed by atoms with Crippen LogP contribution in [-0.4, -0.2) is 117 Å². The number of morpholine rings is 2. The van der Waals surface area contributed by atoms with E-state index in [9.17, 15) is 14.4 Å². The highest BCUT2D eigenvalue weighted by Crippen LogP contribution is 2.53. The minimum Gasteiger partial charge on any atom is -0.454 e. The maximum atomic E-state index is 12.6. The second-order valence-electron chi connectivity index (χ2n) is 20.5. The summed E-state index contributed by atoms with van der Waals surface area (Å²) < 4.78 is 29.3. The first kappa shape index (κ1) is 50.6. The number of para-hydroxylation sites is 2. The average Bonchev–Trinajstić information content (AvgIpc) is 3.42. The first-order chi connectivity index (χ1) is 36.4. The highest BCUT2D eigenvalue weighted by atomic mass is 32.2. The smallest absolute Gasteiger partial charge is 0.410 e. The van der Waals surface area contributed by atoms with Crippen LogP contribution in [0.2, 0.25) is 0 Å². The number of carbonyl (C=O) groups excluding carboxylic acids is 1. The van der Waals surface area contributed by atoms with Gasteiger partial charge in [-0.1, -0.05) is 35.7 Å². The van der Waals surface area contributed by atoms with Crippen molar-refractivity contribution in [3.8, 4) is 45.5 Å².